The predicted octanol–water partition coefficient (Wildman–Crippen LogP) is 5.43. The standard InChI is InChI=1S/C20H20F3N5O2.C3H6/c21-20(22,23)15-8-10-27(11-9-15)12-13-4-6-14(7-5-13)16-2-1-3-17-24-18(25-19(29)30)26-28(16)17;1-2-3-1/h1-7,15H,8-12H2,(H,25,26)(H,29,30);1-3H2. The third-order valence-electron chi connectivity index (χ3n) is 5.64. The molecule has 0 atom stereocenters. The number of piperidine rings is 1. The molecule has 0 radical (unpaired) electrons. The van der Waals surface area contributed by atoms with E-state index in [1.165, 1.54) is 19.3 Å². The molecule has 1 saturated heterocycles. The highest BCUT2D eigenvalue weighted by atomic mass is 19.4. The van der Waals surface area contributed by atoms with Gasteiger partial charge >= 0.3 is 12.3 Å². The van der Waals surface area contributed by atoms with E-state index >= 15 is 0 Å². The van der Waals surface area contributed by atoms with Crippen molar-refractivity contribution < 1.29 is 23.1 Å². The summed E-state index contributed by atoms with van der Waals surface area (Å²) in [7, 11) is 0. The average Bonchev–Trinajstić information content (AvgIpc) is 3.60. The first-order valence-corrected chi connectivity index (χ1v) is 11.0. The molecule has 1 aliphatic heterocycles. The molecule has 0 spiro atoms. The van der Waals surface area contributed by atoms with Crippen LogP contribution in [0.25, 0.3) is 16.9 Å². The molecule has 3 aromatic rings. The Kier molecular flexibility index (Phi) is 6.83. The van der Waals surface area contributed by atoms with Gasteiger partial charge in [-0.3, -0.25) is 10.2 Å². The number of nitrogens with one attached hydrogen (secondary N) is 1. The van der Waals surface area contributed by atoms with Gasteiger partial charge < -0.3 is 5.11 Å². The number of alkyl halides is 3. The summed E-state index contributed by atoms with van der Waals surface area (Å²) in [4.78, 5) is 17.0. The van der Waals surface area contributed by atoms with E-state index in [0.717, 1.165) is 16.8 Å². The minimum absolute atomic E-state index is 0.00571. The third kappa shape index (κ3) is 6.22. The molecule has 2 fully saturated rings. The van der Waals surface area contributed by atoms with E-state index in [2.05, 4.69) is 15.4 Å². The number of rotatable bonds is 4. The van der Waals surface area contributed by atoms with Gasteiger partial charge in [0.2, 0.25) is 0 Å². The number of likely N-dealkylation sites (tertiary alicyclic amines) is 1. The highest BCUT2D eigenvalue weighted by Crippen LogP contribution is 2.34. The molecular weight excluding hydrogens is 435 g/mol. The van der Waals surface area contributed by atoms with Crippen molar-refractivity contribution in [3.63, 3.8) is 0 Å². The molecular formula is C23H26F3N5O2. The van der Waals surface area contributed by atoms with Gasteiger partial charge in [0.05, 0.1) is 11.6 Å². The number of anilines is 1. The van der Waals surface area contributed by atoms with E-state index in [1.807, 2.05) is 41.3 Å². The molecule has 1 aliphatic carbocycles. The first kappa shape index (κ1) is 23.0. The molecule has 1 saturated carbocycles. The lowest BCUT2D eigenvalue weighted by atomic mass is 9.96. The van der Waals surface area contributed by atoms with Crippen molar-refractivity contribution in [1.82, 2.24) is 19.5 Å². The number of pyridine rings is 1. The molecule has 2 N–H and O–H groups in total. The lowest BCUT2D eigenvalue weighted by molar-refractivity contribution is -0.185. The second-order valence-corrected chi connectivity index (χ2v) is 8.40. The highest BCUT2D eigenvalue weighted by molar-refractivity contribution is 5.80. The lowest BCUT2D eigenvalue weighted by Crippen LogP contribution is -2.38. The van der Waals surface area contributed by atoms with Crippen LogP contribution in [0.4, 0.5) is 23.9 Å². The lowest BCUT2D eigenvalue weighted by Gasteiger charge is -2.32. The smallest absolute Gasteiger partial charge is 0.411 e. The van der Waals surface area contributed by atoms with Crippen molar-refractivity contribution >= 4 is 17.7 Å². The molecule has 2 aromatic heterocycles. The number of nitrogens with zero attached hydrogens (tertiary/aromatic N) is 4. The molecule has 176 valence electrons. The van der Waals surface area contributed by atoms with E-state index in [9.17, 15) is 18.0 Å². The summed E-state index contributed by atoms with van der Waals surface area (Å²) in [6, 6.07) is 13.1. The minimum Gasteiger partial charge on any atom is -0.465 e. The van der Waals surface area contributed by atoms with E-state index in [-0.39, 0.29) is 18.8 Å². The van der Waals surface area contributed by atoms with Gasteiger partial charge in [0, 0.05) is 12.1 Å². The maximum absolute atomic E-state index is 12.8. The number of carbonyl (C=O) groups is 1. The summed E-state index contributed by atoms with van der Waals surface area (Å²) in [5.41, 5.74) is 3.14. The summed E-state index contributed by atoms with van der Waals surface area (Å²) < 4.78 is 40.0. The van der Waals surface area contributed by atoms with Crippen molar-refractivity contribution in [3.8, 4) is 11.3 Å². The van der Waals surface area contributed by atoms with Gasteiger partial charge in [-0.1, -0.05) is 49.6 Å². The maximum Gasteiger partial charge on any atom is 0.411 e. The van der Waals surface area contributed by atoms with Gasteiger partial charge in [0.15, 0.2) is 5.65 Å². The van der Waals surface area contributed by atoms with Crippen LogP contribution in [-0.4, -0.2) is 50.0 Å². The first-order valence-electron chi connectivity index (χ1n) is 11.0. The number of carboxylic acid groups (broad SMARTS) is 1. The Balaban J connectivity index is 0.000000799. The maximum atomic E-state index is 12.8. The topological polar surface area (TPSA) is 82.8 Å². The fourth-order valence-corrected chi connectivity index (χ4v) is 3.73. The predicted molar refractivity (Wildman–Crippen MR) is 118 cm³/mol. The van der Waals surface area contributed by atoms with Crippen molar-refractivity contribution in [2.45, 2.75) is 44.8 Å². The third-order valence-corrected chi connectivity index (χ3v) is 5.64. The van der Waals surface area contributed by atoms with Crippen LogP contribution in [0.15, 0.2) is 42.5 Å². The Labute approximate surface area is 189 Å². The number of hydrogen-bond acceptors (Lipinski definition) is 4. The number of benzene rings is 1. The SMILES string of the molecule is C1CC1.O=C(O)Nc1nc2cccc(-c3ccc(CN4CCC(C(F)(F)F)CC4)cc3)n2n1. The van der Waals surface area contributed by atoms with Crippen molar-refractivity contribution in [1.29, 1.82) is 0 Å². The van der Waals surface area contributed by atoms with Gasteiger partial charge in [-0.05, 0) is 43.6 Å². The molecule has 0 unspecified atom stereocenters. The first-order chi connectivity index (χ1) is 15.8. The number of amides is 1. The zero-order valence-corrected chi connectivity index (χ0v) is 18.1. The van der Waals surface area contributed by atoms with Crippen molar-refractivity contribution in [3.05, 3.63) is 48.0 Å². The molecule has 2 aliphatic rings. The second kappa shape index (κ2) is 9.78. The average molecular weight is 461 g/mol. The number of hydrogen-bond donors (Lipinski definition) is 2. The van der Waals surface area contributed by atoms with Crippen LogP contribution in [0.5, 0.6) is 0 Å². The zero-order valence-electron chi connectivity index (χ0n) is 18.1. The molecule has 5 rings (SSSR count). The summed E-state index contributed by atoms with van der Waals surface area (Å²) in [6.07, 6.45) is -0.558. The molecule has 33 heavy (non-hydrogen) atoms. The van der Waals surface area contributed by atoms with E-state index in [4.69, 9.17) is 5.11 Å². The van der Waals surface area contributed by atoms with Crippen molar-refractivity contribution in [2.75, 3.05) is 18.4 Å². The second-order valence-electron chi connectivity index (χ2n) is 8.40. The Morgan fingerprint density at radius 3 is 2.30 bits per heavy atom. The normalized spacial score (nSPS) is 16.8. The monoisotopic (exact) mass is 461 g/mol. The van der Waals surface area contributed by atoms with Crippen LogP contribution < -0.4 is 5.32 Å². The van der Waals surface area contributed by atoms with Gasteiger partial charge in [-0.25, -0.2) is 9.31 Å². The quantitative estimate of drug-likeness (QED) is 0.541. The summed E-state index contributed by atoms with van der Waals surface area (Å²) in [5, 5.41) is 15.2. The molecule has 7 nitrogen and oxygen atoms in total. The van der Waals surface area contributed by atoms with Crippen molar-refractivity contribution in [2.24, 2.45) is 5.92 Å². The number of halogens is 3. The fourth-order valence-electron chi connectivity index (χ4n) is 3.73. The highest BCUT2D eigenvalue weighted by Gasteiger charge is 2.40. The molecule has 1 amide bonds. The Hall–Kier alpha value is -3.14. The summed E-state index contributed by atoms with van der Waals surface area (Å²) in [5.74, 6) is -1.20. The van der Waals surface area contributed by atoms with Gasteiger partial charge in [0.25, 0.3) is 5.95 Å². The Bertz CT molecular complexity index is 1080. The molecule has 3 heterocycles. The van der Waals surface area contributed by atoms with Gasteiger partial charge in [-0.15, -0.1) is 5.10 Å². The largest absolute Gasteiger partial charge is 0.465 e. The summed E-state index contributed by atoms with van der Waals surface area (Å²) >= 11 is 0. The Morgan fingerprint density at radius 1 is 1.06 bits per heavy atom. The van der Waals surface area contributed by atoms with Gasteiger partial charge in [-0.2, -0.15) is 18.2 Å². The zero-order chi connectivity index (χ0) is 23.4. The Morgan fingerprint density at radius 2 is 1.73 bits per heavy atom. The van der Waals surface area contributed by atoms with Crippen LogP contribution in [-0.2, 0) is 6.54 Å². The minimum atomic E-state index is -4.10. The summed E-state index contributed by atoms with van der Waals surface area (Å²) in [6.45, 7) is 1.47. The van der Waals surface area contributed by atoms with Gasteiger partial charge in [0.1, 0.15) is 0 Å². The fraction of sp³-hybridized carbons (Fsp3) is 0.435. The van der Waals surface area contributed by atoms with E-state index in [1.54, 1.807) is 10.6 Å². The van der Waals surface area contributed by atoms with Crippen LogP contribution in [0.2, 0.25) is 0 Å². The number of fused-ring (bicyclic) bond motifs is 1. The molecule has 0 bridgehead atoms. The van der Waals surface area contributed by atoms with Crippen LogP contribution in [0.1, 0.15) is 37.7 Å². The van der Waals surface area contributed by atoms with E-state index < -0.39 is 18.2 Å². The van der Waals surface area contributed by atoms with Crippen LogP contribution in [0, 0.1) is 5.92 Å². The van der Waals surface area contributed by atoms with E-state index in [0.29, 0.717) is 25.3 Å². The molecule has 10 heteroatoms. The van der Waals surface area contributed by atoms with Crippen LogP contribution in [0.3, 0.4) is 0 Å². The molecule has 1 aromatic carbocycles. The number of aromatic nitrogens is 3. The van der Waals surface area contributed by atoms with Crippen LogP contribution >= 0.6 is 0 Å².